The molecule has 0 radical (unpaired) electrons. The predicted octanol–water partition coefficient (Wildman–Crippen LogP) is 11.0. The van der Waals surface area contributed by atoms with E-state index in [1.54, 1.807) is 0 Å². The highest BCUT2D eigenvalue weighted by Crippen LogP contribution is 2.39. The first-order valence-electron chi connectivity index (χ1n) is 15.4. The van der Waals surface area contributed by atoms with Gasteiger partial charge in [0.1, 0.15) is 5.52 Å². The van der Waals surface area contributed by atoms with Gasteiger partial charge in [-0.2, -0.15) is 0 Å². The van der Waals surface area contributed by atoms with Gasteiger partial charge in [0.05, 0.1) is 22.4 Å². The fourth-order valence-corrected chi connectivity index (χ4v) is 6.46. The predicted molar refractivity (Wildman–Crippen MR) is 188 cm³/mol. The van der Waals surface area contributed by atoms with Crippen LogP contribution in [-0.4, -0.2) is 14.5 Å². The molecule has 9 aromatic rings. The van der Waals surface area contributed by atoms with E-state index < -0.39 is 0 Å². The highest BCUT2D eigenvalue weighted by atomic mass is 16.3. The summed E-state index contributed by atoms with van der Waals surface area (Å²) < 4.78 is 8.58. The molecule has 0 fully saturated rings. The number of aromatic nitrogens is 3. The molecular weight excluding hydrogens is 562 g/mol. The Morgan fingerprint density at radius 3 is 1.98 bits per heavy atom. The lowest BCUT2D eigenvalue weighted by Crippen LogP contribution is -1.99. The standard InChI is InChI=1S/C42H27N3O/c1-3-11-28(12-4-1)32-21-24-36(43-27-32)30-19-22-33(29-13-5-2-6-14-29)39(25-30)45-38-17-9-7-15-34(38)35-23-20-31(26-40(35)45)42-44-37-16-8-10-18-41(37)46-42/h1-27H. The lowest BCUT2D eigenvalue weighted by atomic mass is 9.99. The summed E-state index contributed by atoms with van der Waals surface area (Å²) in [5, 5.41) is 2.36. The Hall–Kier alpha value is -6.26. The summed E-state index contributed by atoms with van der Waals surface area (Å²) in [6.07, 6.45) is 1.96. The van der Waals surface area contributed by atoms with Crippen LogP contribution in [0.1, 0.15) is 0 Å². The fourth-order valence-electron chi connectivity index (χ4n) is 6.46. The van der Waals surface area contributed by atoms with E-state index in [9.17, 15) is 0 Å². The highest BCUT2D eigenvalue weighted by molar-refractivity contribution is 6.10. The van der Waals surface area contributed by atoms with Crippen LogP contribution in [-0.2, 0) is 0 Å². The Labute approximate surface area is 265 Å². The molecule has 216 valence electrons. The zero-order valence-corrected chi connectivity index (χ0v) is 24.8. The first-order chi connectivity index (χ1) is 22.8. The minimum Gasteiger partial charge on any atom is -0.436 e. The SMILES string of the molecule is c1ccc(-c2ccc(-c3ccc(-c4ccccc4)c(-n4c5ccccc5c5ccc(-c6nc7ccccc7o6)cc54)c3)nc2)cc1. The van der Waals surface area contributed by atoms with Gasteiger partial charge in [-0.25, -0.2) is 4.98 Å². The molecule has 4 heteroatoms. The summed E-state index contributed by atoms with van der Waals surface area (Å²) >= 11 is 0. The summed E-state index contributed by atoms with van der Waals surface area (Å²) in [6.45, 7) is 0. The molecule has 0 bridgehead atoms. The van der Waals surface area contributed by atoms with E-state index in [2.05, 4.69) is 132 Å². The van der Waals surface area contributed by atoms with Gasteiger partial charge in [-0.3, -0.25) is 4.98 Å². The second kappa shape index (κ2) is 10.7. The number of rotatable bonds is 5. The van der Waals surface area contributed by atoms with E-state index in [1.165, 1.54) is 10.8 Å². The minimum atomic E-state index is 0.611. The number of pyridine rings is 1. The third-order valence-electron chi connectivity index (χ3n) is 8.70. The fraction of sp³-hybridized carbons (Fsp3) is 0. The van der Waals surface area contributed by atoms with Crippen LogP contribution in [0.3, 0.4) is 0 Å². The first-order valence-corrected chi connectivity index (χ1v) is 15.4. The molecule has 3 aromatic heterocycles. The molecule has 0 saturated carbocycles. The summed E-state index contributed by atoms with van der Waals surface area (Å²) in [5.74, 6) is 0.611. The maximum absolute atomic E-state index is 6.21. The van der Waals surface area contributed by atoms with Crippen LogP contribution in [0, 0.1) is 0 Å². The number of oxazole rings is 1. The van der Waals surface area contributed by atoms with Crippen molar-refractivity contribution in [3.05, 3.63) is 164 Å². The van der Waals surface area contributed by atoms with Crippen molar-refractivity contribution in [2.75, 3.05) is 0 Å². The number of benzene rings is 6. The van der Waals surface area contributed by atoms with Crippen LogP contribution >= 0.6 is 0 Å². The van der Waals surface area contributed by atoms with Crippen molar-refractivity contribution in [2.45, 2.75) is 0 Å². The van der Waals surface area contributed by atoms with Gasteiger partial charge in [0.2, 0.25) is 5.89 Å². The molecule has 0 unspecified atom stereocenters. The van der Waals surface area contributed by atoms with Crippen molar-refractivity contribution >= 4 is 32.9 Å². The summed E-state index contributed by atoms with van der Waals surface area (Å²) in [5.41, 5.74) is 12.4. The Morgan fingerprint density at radius 1 is 0.478 bits per heavy atom. The van der Waals surface area contributed by atoms with Gasteiger partial charge >= 0.3 is 0 Å². The number of fused-ring (bicyclic) bond motifs is 4. The third-order valence-corrected chi connectivity index (χ3v) is 8.70. The molecule has 3 heterocycles. The van der Waals surface area contributed by atoms with Gasteiger partial charge in [-0.15, -0.1) is 0 Å². The van der Waals surface area contributed by atoms with Crippen LogP contribution in [0.4, 0.5) is 0 Å². The normalized spacial score (nSPS) is 11.5. The van der Waals surface area contributed by atoms with Crippen LogP contribution in [0.5, 0.6) is 0 Å². The van der Waals surface area contributed by atoms with Crippen molar-refractivity contribution in [1.82, 2.24) is 14.5 Å². The molecule has 4 nitrogen and oxygen atoms in total. The van der Waals surface area contributed by atoms with Gasteiger partial charge in [0.25, 0.3) is 0 Å². The van der Waals surface area contributed by atoms with Gasteiger partial charge in [0, 0.05) is 39.2 Å². The Morgan fingerprint density at radius 2 is 1.17 bits per heavy atom. The minimum absolute atomic E-state index is 0.611. The maximum Gasteiger partial charge on any atom is 0.227 e. The molecule has 0 saturated heterocycles. The van der Waals surface area contributed by atoms with Crippen LogP contribution in [0.15, 0.2) is 168 Å². The van der Waals surface area contributed by atoms with E-state index in [0.29, 0.717) is 5.89 Å². The Kier molecular flexibility index (Phi) is 6.10. The van der Waals surface area contributed by atoms with Gasteiger partial charge in [-0.1, -0.05) is 115 Å². The van der Waals surface area contributed by atoms with Crippen LogP contribution < -0.4 is 0 Å². The highest BCUT2D eigenvalue weighted by Gasteiger charge is 2.19. The van der Waals surface area contributed by atoms with Crippen molar-refractivity contribution in [2.24, 2.45) is 0 Å². The molecule has 9 rings (SSSR count). The van der Waals surface area contributed by atoms with Crippen LogP contribution in [0.2, 0.25) is 0 Å². The number of hydrogen-bond acceptors (Lipinski definition) is 3. The monoisotopic (exact) mass is 589 g/mol. The van der Waals surface area contributed by atoms with Gasteiger partial charge in [-0.05, 0) is 53.6 Å². The van der Waals surface area contributed by atoms with E-state index in [-0.39, 0.29) is 0 Å². The summed E-state index contributed by atoms with van der Waals surface area (Å²) in [7, 11) is 0. The quantitative estimate of drug-likeness (QED) is 0.201. The number of para-hydroxylation sites is 3. The first kappa shape index (κ1) is 26.2. The lowest BCUT2D eigenvalue weighted by molar-refractivity contribution is 0.620. The van der Waals surface area contributed by atoms with E-state index in [0.717, 1.165) is 66.9 Å². The van der Waals surface area contributed by atoms with Crippen molar-refractivity contribution in [3.8, 4) is 50.7 Å². The maximum atomic E-state index is 6.21. The van der Waals surface area contributed by atoms with E-state index >= 15 is 0 Å². The molecule has 6 aromatic carbocycles. The molecule has 46 heavy (non-hydrogen) atoms. The Bertz CT molecular complexity index is 2480. The molecule has 0 aliphatic heterocycles. The molecule has 0 atom stereocenters. The molecule has 0 aliphatic carbocycles. The summed E-state index contributed by atoms with van der Waals surface area (Å²) in [6, 6.07) is 54.9. The Balaban J connectivity index is 1.27. The second-order valence-corrected chi connectivity index (χ2v) is 11.5. The molecule has 0 aliphatic rings. The largest absolute Gasteiger partial charge is 0.436 e. The average Bonchev–Trinajstić information content (AvgIpc) is 3.71. The second-order valence-electron chi connectivity index (χ2n) is 11.5. The van der Waals surface area contributed by atoms with Crippen molar-refractivity contribution in [1.29, 1.82) is 0 Å². The molecule has 0 spiro atoms. The number of nitrogens with zero attached hydrogens (tertiary/aromatic N) is 3. The zero-order valence-electron chi connectivity index (χ0n) is 24.8. The molecular formula is C42H27N3O. The third kappa shape index (κ3) is 4.39. The average molecular weight is 590 g/mol. The van der Waals surface area contributed by atoms with Crippen LogP contribution in [0.25, 0.3) is 83.6 Å². The smallest absolute Gasteiger partial charge is 0.227 e. The van der Waals surface area contributed by atoms with Crippen molar-refractivity contribution in [3.63, 3.8) is 0 Å². The van der Waals surface area contributed by atoms with E-state index in [1.807, 2.05) is 36.5 Å². The number of hydrogen-bond donors (Lipinski definition) is 0. The van der Waals surface area contributed by atoms with E-state index in [4.69, 9.17) is 14.4 Å². The van der Waals surface area contributed by atoms with Gasteiger partial charge in [0.15, 0.2) is 5.58 Å². The summed E-state index contributed by atoms with van der Waals surface area (Å²) in [4.78, 5) is 9.73. The lowest BCUT2D eigenvalue weighted by Gasteiger charge is -2.16. The molecule has 0 N–H and O–H groups in total. The topological polar surface area (TPSA) is 43.9 Å². The van der Waals surface area contributed by atoms with Crippen molar-refractivity contribution < 1.29 is 4.42 Å². The molecule has 0 amide bonds. The zero-order chi connectivity index (χ0) is 30.5. The van der Waals surface area contributed by atoms with Gasteiger partial charge < -0.3 is 8.98 Å².